The predicted molar refractivity (Wildman–Crippen MR) is 146 cm³/mol. The zero-order valence-corrected chi connectivity index (χ0v) is 21.4. The fraction of sp³-hybridized carbons (Fsp3) is 0.185. The highest BCUT2D eigenvalue weighted by atomic mass is 32.2. The molecule has 1 N–H and O–H groups in total. The van der Waals surface area contributed by atoms with Gasteiger partial charge in [-0.15, -0.1) is 0 Å². The van der Waals surface area contributed by atoms with Gasteiger partial charge in [-0.25, -0.2) is 0 Å². The number of aliphatic imine (C=N–C) groups is 1. The second-order valence-electron chi connectivity index (χ2n) is 8.40. The molecule has 0 fully saturated rings. The van der Waals surface area contributed by atoms with Crippen LogP contribution < -0.4 is 4.74 Å². The second kappa shape index (κ2) is 10.5. The van der Waals surface area contributed by atoms with Gasteiger partial charge in [-0.05, 0) is 61.0 Å². The normalized spacial score (nSPS) is 16.8. The number of nitro groups is 1. The van der Waals surface area contributed by atoms with E-state index in [1.807, 2.05) is 30.3 Å². The molecular weight excluding hydrogens is 506 g/mol. The number of benzene rings is 2. The van der Waals surface area contributed by atoms with E-state index in [0.717, 1.165) is 17.0 Å². The Bertz CT molecular complexity index is 1530. The Labute approximate surface area is 222 Å². The summed E-state index contributed by atoms with van der Waals surface area (Å²) in [6.07, 6.45) is 2.20. The molecule has 3 aromatic rings. The molecule has 0 bridgehead atoms. The molecule has 1 atom stereocenters. The van der Waals surface area contributed by atoms with Gasteiger partial charge in [0.05, 0.1) is 28.7 Å². The third kappa shape index (κ3) is 4.75. The van der Waals surface area contributed by atoms with Crippen LogP contribution in [0.25, 0.3) is 17.4 Å². The molecule has 10 nitrogen and oxygen atoms in total. The largest absolute Gasteiger partial charge is 0.494 e. The minimum absolute atomic E-state index is 0.00852. The van der Waals surface area contributed by atoms with Crippen molar-refractivity contribution >= 4 is 45.5 Å². The molecular formula is C27H23N5O5S. The van der Waals surface area contributed by atoms with Crippen molar-refractivity contribution in [1.82, 2.24) is 5.01 Å². The van der Waals surface area contributed by atoms with Crippen molar-refractivity contribution in [2.45, 2.75) is 26.2 Å². The first-order chi connectivity index (χ1) is 18.4. The van der Waals surface area contributed by atoms with Gasteiger partial charge in [0.2, 0.25) is 5.17 Å². The van der Waals surface area contributed by atoms with E-state index in [1.54, 1.807) is 31.2 Å². The standard InChI is InChI=1S/C27H23N5O5S/c1-3-19(16-8-6-5-7-9-16)26-30-31-24(28)21(25(33)29-27(31)38-26)14-18-11-13-23(37-18)20-12-10-17(36-4-2)15-22(20)32(34)35/h5-15,19,28H,3-4H2,1-2H3/b21-14-,28-24?. The zero-order chi connectivity index (χ0) is 26.8. The van der Waals surface area contributed by atoms with Crippen LogP contribution in [0, 0.1) is 15.5 Å². The van der Waals surface area contributed by atoms with Gasteiger partial charge in [0.15, 0.2) is 5.84 Å². The molecule has 1 amide bonds. The van der Waals surface area contributed by atoms with Crippen LogP contribution in [-0.2, 0) is 4.79 Å². The van der Waals surface area contributed by atoms with Crippen LogP contribution in [0.5, 0.6) is 5.75 Å². The number of amidine groups is 2. The Kier molecular flexibility index (Phi) is 6.93. The topological polar surface area (TPSA) is 134 Å². The molecule has 3 heterocycles. The Balaban J connectivity index is 1.43. The summed E-state index contributed by atoms with van der Waals surface area (Å²) in [7, 11) is 0. The fourth-order valence-electron chi connectivity index (χ4n) is 4.23. The number of carbonyl (C=O) groups is 1. The van der Waals surface area contributed by atoms with E-state index in [4.69, 9.17) is 14.6 Å². The van der Waals surface area contributed by atoms with Crippen molar-refractivity contribution < 1.29 is 18.9 Å². The second-order valence-corrected chi connectivity index (χ2v) is 9.39. The van der Waals surface area contributed by atoms with Crippen LogP contribution in [0.1, 0.15) is 37.5 Å². The molecule has 1 aromatic heterocycles. The fourth-order valence-corrected chi connectivity index (χ4v) is 5.33. The first kappa shape index (κ1) is 25.2. The Hall–Kier alpha value is -4.51. The van der Waals surface area contributed by atoms with Crippen LogP contribution in [-0.4, -0.2) is 38.5 Å². The van der Waals surface area contributed by atoms with Gasteiger partial charge in [-0.1, -0.05) is 37.3 Å². The molecule has 2 aliphatic heterocycles. The van der Waals surface area contributed by atoms with Crippen molar-refractivity contribution in [3.63, 3.8) is 0 Å². The molecule has 1 unspecified atom stereocenters. The number of ether oxygens (including phenoxy) is 1. The Morgan fingerprint density at radius 1 is 1.18 bits per heavy atom. The Morgan fingerprint density at radius 2 is 1.97 bits per heavy atom. The molecule has 0 aliphatic carbocycles. The maximum atomic E-state index is 12.9. The summed E-state index contributed by atoms with van der Waals surface area (Å²) in [5.41, 5.74) is 1.21. The lowest BCUT2D eigenvalue weighted by molar-refractivity contribution is -0.384. The predicted octanol–water partition coefficient (Wildman–Crippen LogP) is 6.07. The van der Waals surface area contributed by atoms with Crippen molar-refractivity contribution in [2.75, 3.05) is 6.61 Å². The van der Waals surface area contributed by atoms with Crippen LogP contribution in [0.3, 0.4) is 0 Å². The third-order valence-corrected chi connectivity index (χ3v) is 7.06. The zero-order valence-electron chi connectivity index (χ0n) is 20.6. The summed E-state index contributed by atoms with van der Waals surface area (Å²) in [4.78, 5) is 28.2. The summed E-state index contributed by atoms with van der Waals surface area (Å²) in [6.45, 7) is 4.23. The molecule has 192 valence electrons. The number of hydrogen-bond donors (Lipinski definition) is 1. The molecule has 2 aliphatic rings. The summed E-state index contributed by atoms with van der Waals surface area (Å²) >= 11 is 1.29. The van der Waals surface area contributed by atoms with Crippen LogP contribution >= 0.6 is 11.8 Å². The number of furan rings is 1. The van der Waals surface area contributed by atoms with E-state index in [2.05, 4.69) is 17.0 Å². The van der Waals surface area contributed by atoms with Crippen LogP contribution in [0.2, 0.25) is 0 Å². The number of thioether (sulfide) groups is 1. The third-order valence-electron chi connectivity index (χ3n) is 6.03. The van der Waals surface area contributed by atoms with Gasteiger partial charge in [-0.2, -0.15) is 15.1 Å². The van der Waals surface area contributed by atoms with Gasteiger partial charge in [0, 0.05) is 5.92 Å². The molecule has 0 radical (unpaired) electrons. The number of fused-ring (bicyclic) bond motifs is 1. The van der Waals surface area contributed by atoms with E-state index in [0.29, 0.717) is 17.5 Å². The maximum Gasteiger partial charge on any atom is 0.284 e. The lowest BCUT2D eigenvalue weighted by Gasteiger charge is -2.19. The number of amides is 1. The Morgan fingerprint density at radius 3 is 2.68 bits per heavy atom. The number of hydrazone groups is 1. The highest BCUT2D eigenvalue weighted by molar-refractivity contribution is 8.27. The maximum absolute atomic E-state index is 12.9. The number of rotatable bonds is 8. The number of nitro benzene ring substituents is 1. The van der Waals surface area contributed by atoms with Crippen molar-refractivity contribution in [1.29, 1.82) is 5.41 Å². The molecule has 11 heteroatoms. The highest BCUT2D eigenvalue weighted by Crippen LogP contribution is 2.37. The number of nitrogens with zero attached hydrogens (tertiary/aromatic N) is 4. The van der Waals surface area contributed by atoms with Crippen molar-refractivity contribution in [3.05, 3.63) is 87.7 Å². The SMILES string of the molecule is CCOc1ccc(-c2ccc(/C=C3/C(=N)N4N=C(C(CC)c5ccccc5)SC4=NC3=O)o2)c([N+](=O)[O-])c1. The first-order valence-electron chi connectivity index (χ1n) is 12.0. The average molecular weight is 530 g/mol. The number of carbonyl (C=O) groups excluding carboxylic acids is 1. The van der Waals surface area contributed by atoms with E-state index in [9.17, 15) is 14.9 Å². The quantitative estimate of drug-likeness (QED) is 0.213. The molecule has 2 aromatic carbocycles. The monoisotopic (exact) mass is 529 g/mol. The first-order valence-corrected chi connectivity index (χ1v) is 12.8. The average Bonchev–Trinajstić information content (AvgIpc) is 3.55. The van der Waals surface area contributed by atoms with E-state index >= 15 is 0 Å². The summed E-state index contributed by atoms with van der Waals surface area (Å²) in [6, 6.07) is 17.6. The van der Waals surface area contributed by atoms with Gasteiger partial charge in [0.1, 0.15) is 22.3 Å². The molecule has 0 spiro atoms. The van der Waals surface area contributed by atoms with Gasteiger partial charge < -0.3 is 9.15 Å². The number of nitrogens with one attached hydrogen (secondary N) is 1. The molecule has 0 saturated heterocycles. The van der Waals surface area contributed by atoms with Gasteiger partial charge in [-0.3, -0.25) is 20.3 Å². The molecule has 0 saturated carbocycles. The highest BCUT2D eigenvalue weighted by Gasteiger charge is 2.38. The lowest BCUT2D eigenvalue weighted by atomic mass is 9.98. The minimum atomic E-state index is -0.581. The van der Waals surface area contributed by atoms with Crippen LogP contribution in [0.15, 0.2) is 80.7 Å². The van der Waals surface area contributed by atoms with Gasteiger partial charge >= 0.3 is 0 Å². The van der Waals surface area contributed by atoms with Crippen molar-refractivity contribution in [2.24, 2.45) is 10.1 Å². The van der Waals surface area contributed by atoms with E-state index < -0.39 is 10.8 Å². The molecule has 38 heavy (non-hydrogen) atoms. The van der Waals surface area contributed by atoms with E-state index in [1.165, 1.54) is 28.9 Å². The summed E-state index contributed by atoms with van der Waals surface area (Å²) in [5.74, 6) is 0.200. The summed E-state index contributed by atoms with van der Waals surface area (Å²) < 4.78 is 11.2. The van der Waals surface area contributed by atoms with E-state index in [-0.39, 0.29) is 40.1 Å². The van der Waals surface area contributed by atoms with Gasteiger partial charge in [0.25, 0.3) is 11.6 Å². The smallest absolute Gasteiger partial charge is 0.284 e. The van der Waals surface area contributed by atoms with Crippen LogP contribution in [0.4, 0.5) is 5.69 Å². The van der Waals surface area contributed by atoms with Crippen molar-refractivity contribution in [3.8, 4) is 17.1 Å². The minimum Gasteiger partial charge on any atom is -0.494 e. The molecule has 5 rings (SSSR count). The lowest BCUT2D eigenvalue weighted by Crippen LogP contribution is -2.35. The number of hydrogen-bond acceptors (Lipinski definition) is 8. The summed E-state index contributed by atoms with van der Waals surface area (Å²) in [5, 5.41) is 27.4.